The number of benzene rings is 1. The first-order valence-electron chi connectivity index (χ1n) is 5.28. The second-order valence-corrected chi connectivity index (χ2v) is 3.83. The van der Waals surface area contributed by atoms with E-state index in [9.17, 15) is 9.59 Å². The quantitative estimate of drug-likeness (QED) is 0.747. The number of aromatic nitrogens is 2. The van der Waals surface area contributed by atoms with Gasteiger partial charge in [-0.05, 0) is 12.5 Å². The number of Topliss-reactive ketones (excluding diaryl/α,β-unsaturated/α-hetero) is 1. The standard InChI is InChI=1S/C13H12N2O2/c1-10-7-14-13(17)15(8-10)9-12(16)11-5-3-2-4-6-11/h2-8H,9H2,1H3. The molecule has 1 aromatic heterocycles. The first-order chi connectivity index (χ1) is 8.16. The lowest BCUT2D eigenvalue weighted by Crippen LogP contribution is -2.26. The Labute approximate surface area is 98.6 Å². The van der Waals surface area contributed by atoms with Gasteiger partial charge in [-0.3, -0.25) is 9.36 Å². The highest BCUT2D eigenvalue weighted by Crippen LogP contribution is 2.01. The molecule has 17 heavy (non-hydrogen) atoms. The molecule has 4 heteroatoms. The molecule has 0 radical (unpaired) electrons. The number of carbonyl (C=O) groups is 1. The van der Waals surface area contributed by atoms with Crippen molar-refractivity contribution in [2.24, 2.45) is 0 Å². The van der Waals surface area contributed by atoms with Crippen molar-refractivity contribution in [3.8, 4) is 0 Å². The molecule has 2 rings (SSSR count). The van der Waals surface area contributed by atoms with Crippen LogP contribution in [0, 0.1) is 6.92 Å². The van der Waals surface area contributed by atoms with Gasteiger partial charge in [-0.25, -0.2) is 9.78 Å². The van der Waals surface area contributed by atoms with Crippen molar-refractivity contribution >= 4 is 5.78 Å². The number of rotatable bonds is 3. The van der Waals surface area contributed by atoms with Crippen molar-refractivity contribution in [1.29, 1.82) is 0 Å². The molecule has 0 amide bonds. The Morgan fingerprint density at radius 1 is 1.29 bits per heavy atom. The van der Waals surface area contributed by atoms with Gasteiger partial charge in [-0.15, -0.1) is 0 Å². The minimum absolute atomic E-state index is 0.0253. The Bertz CT molecular complexity index is 588. The fourth-order valence-corrected chi connectivity index (χ4v) is 1.55. The molecule has 0 saturated carbocycles. The number of hydrogen-bond acceptors (Lipinski definition) is 3. The van der Waals surface area contributed by atoms with Crippen LogP contribution in [-0.4, -0.2) is 15.3 Å². The van der Waals surface area contributed by atoms with Crippen LogP contribution in [0.5, 0.6) is 0 Å². The highest BCUT2D eigenvalue weighted by atomic mass is 16.2. The summed E-state index contributed by atoms with van der Waals surface area (Å²) in [5, 5.41) is 0. The summed E-state index contributed by atoms with van der Waals surface area (Å²) in [5.74, 6) is -0.0971. The van der Waals surface area contributed by atoms with Crippen LogP contribution in [0.1, 0.15) is 15.9 Å². The zero-order valence-electron chi connectivity index (χ0n) is 9.46. The van der Waals surface area contributed by atoms with Crippen molar-refractivity contribution in [1.82, 2.24) is 9.55 Å². The fourth-order valence-electron chi connectivity index (χ4n) is 1.55. The molecule has 0 aliphatic rings. The number of ketones is 1. The van der Waals surface area contributed by atoms with Gasteiger partial charge in [0.05, 0.1) is 6.54 Å². The molecule has 1 aromatic carbocycles. The van der Waals surface area contributed by atoms with Crippen LogP contribution in [0.3, 0.4) is 0 Å². The van der Waals surface area contributed by atoms with Crippen molar-refractivity contribution in [2.45, 2.75) is 13.5 Å². The monoisotopic (exact) mass is 228 g/mol. The molecule has 0 N–H and O–H groups in total. The summed E-state index contributed by atoms with van der Waals surface area (Å²) >= 11 is 0. The SMILES string of the molecule is Cc1cnc(=O)n(CC(=O)c2ccccc2)c1. The predicted molar refractivity (Wildman–Crippen MR) is 64.0 cm³/mol. The lowest BCUT2D eigenvalue weighted by Gasteiger charge is -2.04. The van der Waals surface area contributed by atoms with Crippen LogP contribution in [0.2, 0.25) is 0 Å². The van der Waals surface area contributed by atoms with Crippen molar-refractivity contribution in [2.75, 3.05) is 0 Å². The van der Waals surface area contributed by atoms with Crippen LogP contribution in [0.4, 0.5) is 0 Å². The van der Waals surface area contributed by atoms with Gasteiger partial charge < -0.3 is 0 Å². The average Bonchev–Trinajstić information content (AvgIpc) is 2.35. The molecule has 0 saturated heterocycles. The van der Waals surface area contributed by atoms with Gasteiger partial charge in [-0.1, -0.05) is 30.3 Å². The third-order valence-electron chi connectivity index (χ3n) is 2.39. The van der Waals surface area contributed by atoms with E-state index in [0.717, 1.165) is 5.56 Å². The highest BCUT2D eigenvalue weighted by molar-refractivity contribution is 5.95. The minimum atomic E-state index is -0.403. The van der Waals surface area contributed by atoms with Gasteiger partial charge in [-0.2, -0.15) is 0 Å². The lowest BCUT2D eigenvalue weighted by molar-refractivity contribution is 0.0970. The molecule has 4 nitrogen and oxygen atoms in total. The van der Waals surface area contributed by atoms with Crippen molar-refractivity contribution in [3.05, 3.63) is 64.3 Å². The summed E-state index contributed by atoms with van der Waals surface area (Å²) < 4.78 is 1.32. The van der Waals surface area contributed by atoms with E-state index in [0.29, 0.717) is 5.56 Å². The molecular weight excluding hydrogens is 216 g/mol. The highest BCUT2D eigenvalue weighted by Gasteiger charge is 2.07. The van der Waals surface area contributed by atoms with E-state index in [1.807, 2.05) is 13.0 Å². The normalized spacial score (nSPS) is 10.2. The third kappa shape index (κ3) is 2.66. The molecule has 0 bridgehead atoms. The second-order valence-electron chi connectivity index (χ2n) is 3.83. The van der Waals surface area contributed by atoms with E-state index in [-0.39, 0.29) is 12.3 Å². The maximum absolute atomic E-state index is 11.9. The summed E-state index contributed by atoms with van der Waals surface area (Å²) in [6.45, 7) is 1.85. The molecule has 0 unspecified atom stereocenters. The van der Waals surface area contributed by atoms with E-state index in [1.54, 1.807) is 30.5 Å². The molecule has 2 aromatic rings. The molecule has 0 fully saturated rings. The first kappa shape index (κ1) is 11.3. The van der Waals surface area contributed by atoms with Gasteiger partial charge in [0, 0.05) is 18.0 Å². The number of hydrogen-bond donors (Lipinski definition) is 0. The van der Waals surface area contributed by atoms with E-state index in [2.05, 4.69) is 4.98 Å². The number of nitrogens with zero attached hydrogens (tertiary/aromatic N) is 2. The average molecular weight is 228 g/mol. The Morgan fingerprint density at radius 3 is 2.71 bits per heavy atom. The van der Waals surface area contributed by atoms with E-state index in [4.69, 9.17) is 0 Å². The molecular formula is C13H12N2O2. The summed E-state index contributed by atoms with van der Waals surface area (Å²) in [4.78, 5) is 27.0. The molecule has 0 spiro atoms. The maximum Gasteiger partial charge on any atom is 0.347 e. The largest absolute Gasteiger partial charge is 0.347 e. The van der Waals surface area contributed by atoms with Gasteiger partial charge in [0.25, 0.3) is 0 Å². The Hall–Kier alpha value is -2.23. The van der Waals surface area contributed by atoms with Crippen molar-refractivity contribution in [3.63, 3.8) is 0 Å². The van der Waals surface area contributed by atoms with Gasteiger partial charge >= 0.3 is 5.69 Å². The smallest absolute Gasteiger partial charge is 0.292 e. The number of carbonyl (C=O) groups excluding carboxylic acids is 1. The van der Waals surface area contributed by atoms with Crippen LogP contribution >= 0.6 is 0 Å². The maximum atomic E-state index is 11.9. The van der Waals surface area contributed by atoms with Crippen LogP contribution in [-0.2, 0) is 6.54 Å². The Morgan fingerprint density at radius 2 is 2.00 bits per heavy atom. The van der Waals surface area contributed by atoms with E-state index >= 15 is 0 Å². The zero-order chi connectivity index (χ0) is 12.3. The van der Waals surface area contributed by atoms with Gasteiger partial charge in [0.2, 0.25) is 0 Å². The molecule has 0 aliphatic heterocycles. The fraction of sp³-hybridized carbons (Fsp3) is 0.154. The second kappa shape index (κ2) is 4.74. The van der Waals surface area contributed by atoms with E-state index < -0.39 is 5.69 Å². The van der Waals surface area contributed by atoms with E-state index in [1.165, 1.54) is 10.8 Å². The zero-order valence-corrected chi connectivity index (χ0v) is 9.46. The predicted octanol–water partition coefficient (Wildman–Crippen LogP) is 1.43. The van der Waals surface area contributed by atoms with Gasteiger partial charge in [0.1, 0.15) is 0 Å². The van der Waals surface area contributed by atoms with Crippen LogP contribution in [0.25, 0.3) is 0 Å². The molecule has 0 aliphatic carbocycles. The van der Waals surface area contributed by atoms with Gasteiger partial charge in [0.15, 0.2) is 5.78 Å². The number of aryl methyl sites for hydroxylation is 1. The summed E-state index contributed by atoms with van der Waals surface area (Å²) in [7, 11) is 0. The van der Waals surface area contributed by atoms with Crippen LogP contribution in [0.15, 0.2) is 47.5 Å². The van der Waals surface area contributed by atoms with Crippen LogP contribution < -0.4 is 5.69 Å². The molecule has 86 valence electrons. The topological polar surface area (TPSA) is 52.0 Å². The summed E-state index contributed by atoms with van der Waals surface area (Å²) in [5.41, 5.74) is 1.05. The first-order valence-corrected chi connectivity index (χ1v) is 5.28. The Balaban J connectivity index is 2.25. The minimum Gasteiger partial charge on any atom is -0.292 e. The summed E-state index contributed by atoms with van der Waals surface area (Å²) in [6, 6.07) is 8.90. The Kier molecular flexibility index (Phi) is 3.14. The van der Waals surface area contributed by atoms with Crippen molar-refractivity contribution < 1.29 is 4.79 Å². The lowest BCUT2D eigenvalue weighted by atomic mass is 10.1. The molecule has 0 atom stereocenters. The summed E-state index contributed by atoms with van der Waals surface area (Å²) in [6.07, 6.45) is 3.13. The third-order valence-corrected chi connectivity index (χ3v) is 2.39. The molecule has 1 heterocycles.